The van der Waals surface area contributed by atoms with Gasteiger partial charge in [-0.25, -0.2) is 0 Å². The third-order valence-electron chi connectivity index (χ3n) is 1.30. The zero-order valence-corrected chi connectivity index (χ0v) is 16.5. The molecule has 0 aliphatic carbocycles. The van der Waals surface area contributed by atoms with Crippen LogP contribution in [0.2, 0.25) is 0 Å². The van der Waals surface area contributed by atoms with Crippen molar-refractivity contribution in [1.82, 2.24) is 10.6 Å². The largest absolute Gasteiger partial charge is 0 e. The Morgan fingerprint density at radius 1 is 1.38 bits per heavy atom. The summed E-state index contributed by atoms with van der Waals surface area (Å²) in [5.74, 6) is 0. The van der Waals surface area contributed by atoms with Gasteiger partial charge < -0.3 is 0 Å². The average Bonchev–Trinajstić information content (AvgIpc) is 2.05. The Balaban J connectivity index is 0.00000144. The van der Waals surface area contributed by atoms with Gasteiger partial charge in [-0.1, -0.05) is 0 Å². The molecule has 1 rings (SSSR count). The van der Waals surface area contributed by atoms with Crippen molar-refractivity contribution in [2.24, 2.45) is 0 Å². The second-order valence-electron chi connectivity index (χ2n) is 2.41. The molecular weight excluding hydrogens is 347 g/mol. The van der Waals surface area contributed by atoms with Gasteiger partial charge in [0.25, 0.3) is 0 Å². The second kappa shape index (κ2) is 7.95. The summed E-state index contributed by atoms with van der Waals surface area (Å²) in [4.78, 5) is 0. The van der Waals surface area contributed by atoms with Crippen LogP contribution in [-0.4, -0.2) is 21.2 Å². The minimum Gasteiger partial charge on any atom is 0 e. The van der Waals surface area contributed by atoms with Crippen LogP contribution >= 0.6 is 43.9 Å². The Hall–Kier alpha value is 1.73. The van der Waals surface area contributed by atoms with Crippen molar-refractivity contribution in [3.8, 4) is 0 Å². The van der Waals surface area contributed by atoms with E-state index in [2.05, 4.69) is 17.6 Å². The first-order valence-corrected chi connectivity index (χ1v) is 13.6. The van der Waals surface area contributed by atoms with Gasteiger partial charge in [-0.05, 0) is 0 Å². The van der Waals surface area contributed by atoms with E-state index in [0.717, 1.165) is 15.2 Å². The summed E-state index contributed by atoms with van der Waals surface area (Å²) in [6.45, 7) is 2.97. The molecule has 1 fully saturated rings. The first-order chi connectivity index (χ1) is 5.68. The molecule has 8 heteroatoms. The van der Waals surface area contributed by atoms with E-state index >= 15 is 0 Å². The molecule has 1 aliphatic heterocycles. The molecule has 2 nitrogen and oxygen atoms in total. The van der Waals surface area contributed by atoms with Gasteiger partial charge in [0.2, 0.25) is 0 Å². The van der Waals surface area contributed by atoms with Crippen LogP contribution in [-0.2, 0) is 34.2 Å². The summed E-state index contributed by atoms with van der Waals surface area (Å²) < 4.78 is 1.89. The maximum absolute atomic E-state index is 5.14. The molecule has 1 unspecified atom stereocenters. The molecular formula is C5H8N2S4Zn2. The maximum atomic E-state index is 5.14. The molecule has 0 aromatic rings. The van der Waals surface area contributed by atoms with E-state index in [1.165, 1.54) is 0 Å². The fourth-order valence-corrected chi connectivity index (χ4v) is 13.4. The summed E-state index contributed by atoms with van der Waals surface area (Å²) in [7, 11) is 3.63. The minimum atomic E-state index is -0.667. The van der Waals surface area contributed by atoms with E-state index in [0.29, 0.717) is 6.04 Å². The van der Waals surface area contributed by atoms with Crippen LogP contribution in [0.5, 0.6) is 0 Å². The molecule has 1 atom stereocenters. The van der Waals surface area contributed by atoms with Gasteiger partial charge in [0.05, 0.1) is 0 Å². The summed E-state index contributed by atoms with van der Waals surface area (Å²) in [6, 6.07) is 0.379. The SMILES string of the molecule is CC1CNC(=S)[S][Zn][S]C(=S)N1.[Zn]. The number of hydrogen-bond acceptors (Lipinski definition) is 4. The van der Waals surface area contributed by atoms with Crippen LogP contribution in [0.15, 0.2) is 0 Å². The Kier molecular flexibility index (Phi) is 9.00. The molecule has 0 radical (unpaired) electrons. The minimum absolute atomic E-state index is 0. The molecule has 0 aromatic carbocycles. The molecule has 0 spiro atoms. The van der Waals surface area contributed by atoms with E-state index in [1.807, 2.05) is 19.5 Å². The van der Waals surface area contributed by atoms with Gasteiger partial charge in [-0.15, -0.1) is 0 Å². The van der Waals surface area contributed by atoms with E-state index in [1.54, 1.807) is 0 Å². The van der Waals surface area contributed by atoms with Crippen molar-refractivity contribution in [2.75, 3.05) is 6.54 Å². The van der Waals surface area contributed by atoms with Crippen LogP contribution in [0.25, 0.3) is 0 Å². The predicted molar refractivity (Wildman–Crippen MR) is 61.0 cm³/mol. The van der Waals surface area contributed by atoms with Crippen LogP contribution < -0.4 is 10.6 Å². The molecule has 66 valence electrons. The molecule has 0 bridgehead atoms. The van der Waals surface area contributed by atoms with Crippen LogP contribution in [0.4, 0.5) is 0 Å². The fraction of sp³-hybridized carbons (Fsp3) is 0.600. The molecule has 1 saturated heterocycles. The van der Waals surface area contributed by atoms with Crippen molar-refractivity contribution >= 4 is 52.6 Å². The zero-order valence-electron chi connectivity index (χ0n) is 7.33. The summed E-state index contributed by atoms with van der Waals surface area (Å²) in [5, 5.41) is 6.45. The molecule has 1 heterocycles. The standard InChI is InChI=1S/C5H10N2S4.2Zn/c1-3(7-5(10)11)2-6-4(8)9;;/h3H,2H2,1H3,(H2,6,8,9)(H2,7,10,11);;/q;;+2/p-2. The topological polar surface area (TPSA) is 24.1 Å². The van der Waals surface area contributed by atoms with Crippen molar-refractivity contribution in [1.29, 1.82) is 0 Å². The third kappa shape index (κ3) is 6.75. The molecule has 2 N–H and O–H groups in total. The summed E-state index contributed by atoms with van der Waals surface area (Å²) >= 11 is 9.59. The second-order valence-corrected chi connectivity index (χ2v) is 14.2. The Bertz CT molecular complexity index is 201. The predicted octanol–water partition coefficient (Wildman–Crippen LogP) is 1.51. The summed E-state index contributed by atoms with van der Waals surface area (Å²) in [6.07, 6.45) is 0. The van der Waals surface area contributed by atoms with E-state index in [4.69, 9.17) is 24.4 Å². The average molecular weight is 355 g/mol. The molecule has 0 saturated carbocycles. The normalized spacial score (nSPS) is 23.0. The van der Waals surface area contributed by atoms with Crippen molar-refractivity contribution in [3.05, 3.63) is 0 Å². The number of thiocarbonyl (C=S) groups is 2. The fourth-order valence-electron chi connectivity index (χ4n) is 0.718. The first-order valence-electron chi connectivity index (χ1n) is 3.52. The first kappa shape index (κ1) is 14.7. The van der Waals surface area contributed by atoms with E-state index in [9.17, 15) is 0 Å². The monoisotopic (exact) mass is 352 g/mol. The van der Waals surface area contributed by atoms with Gasteiger partial charge in [0, 0.05) is 19.5 Å². The molecule has 13 heavy (non-hydrogen) atoms. The molecule has 0 aromatic heterocycles. The quantitative estimate of drug-likeness (QED) is 0.505. The molecule has 1 aliphatic rings. The van der Waals surface area contributed by atoms with Gasteiger partial charge in [-0.2, -0.15) is 0 Å². The van der Waals surface area contributed by atoms with Crippen LogP contribution in [0, 0.1) is 0 Å². The van der Waals surface area contributed by atoms with E-state index < -0.39 is 14.7 Å². The third-order valence-corrected chi connectivity index (χ3v) is 14.7. The van der Waals surface area contributed by atoms with E-state index in [-0.39, 0.29) is 19.5 Å². The van der Waals surface area contributed by atoms with Gasteiger partial charge >= 0.3 is 97.4 Å². The van der Waals surface area contributed by atoms with Gasteiger partial charge in [0.1, 0.15) is 0 Å². The van der Waals surface area contributed by atoms with Crippen molar-refractivity contribution in [2.45, 2.75) is 13.0 Å². The van der Waals surface area contributed by atoms with Crippen molar-refractivity contribution in [3.63, 3.8) is 0 Å². The number of nitrogens with one attached hydrogen (secondary N) is 2. The Morgan fingerprint density at radius 2 is 2.00 bits per heavy atom. The Morgan fingerprint density at radius 3 is 2.69 bits per heavy atom. The van der Waals surface area contributed by atoms with Crippen molar-refractivity contribution < 1.29 is 34.2 Å². The molecule has 0 amide bonds. The Labute approximate surface area is 116 Å². The zero-order chi connectivity index (χ0) is 8.97. The number of hydrogen-bond donors (Lipinski definition) is 2. The number of rotatable bonds is 0. The van der Waals surface area contributed by atoms with Crippen LogP contribution in [0.3, 0.4) is 0 Å². The maximum Gasteiger partial charge on any atom is 0 e. The van der Waals surface area contributed by atoms with Gasteiger partial charge in [0.15, 0.2) is 0 Å². The van der Waals surface area contributed by atoms with Gasteiger partial charge in [-0.3, -0.25) is 0 Å². The van der Waals surface area contributed by atoms with Crippen LogP contribution in [0.1, 0.15) is 6.92 Å². The summed E-state index contributed by atoms with van der Waals surface area (Å²) in [5.41, 5.74) is 0. The smallest absolute Gasteiger partial charge is 0 e.